The molecule has 3 aliphatic rings. The first-order chi connectivity index (χ1) is 8.77. The highest BCUT2D eigenvalue weighted by molar-refractivity contribution is 5.71. The Bertz CT molecular complexity index is 369. The summed E-state index contributed by atoms with van der Waals surface area (Å²) in [6, 6.07) is 0. The van der Waals surface area contributed by atoms with Crippen LogP contribution in [-0.4, -0.2) is 11.1 Å². The maximum atomic E-state index is 11.5. The van der Waals surface area contributed by atoms with Crippen LogP contribution >= 0.6 is 0 Å². The molecule has 0 saturated heterocycles. The summed E-state index contributed by atoms with van der Waals surface area (Å²) in [6.45, 7) is 0. The van der Waals surface area contributed by atoms with E-state index in [-0.39, 0.29) is 5.92 Å². The summed E-state index contributed by atoms with van der Waals surface area (Å²) >= 11 is 0. The van der Waals surface area contributed by atoms with Crippen molar-refractivity contribution in [3.8, 4) is 0 Å². The Balaban J connectivity index is 1.94. The van der Waals surface area contributed by atoms with Gasteiger partial charge >= 0.3 is 5.97 Å². The first-order valence-corrected chi connectivity index (χ1v) is 7.72. The average Bonchev–Trinajstić information content (AvgIpc) is 2.60. The van der Waals surface area contributed by atoms with E-state index in [2.05, 4.69) is 0 Å². The molecule has 0 aromatic heterocycles. The molecule has 0 aromatic carbocycles. The third-order valence-electron chi connectivity index (χ3n) is 5.44. The standard InChI is InChI=1S/C16H24O2/c17-16(18)15-8-4-3-7-13-12-6-2-1-5-11(12)9-10-14(13)15/h11,14-15H,1-10H2,(H,17,18). The quantitative estimate of drug-likeness (QED) is 0.707. The first kappa shape index (κ1) is 12.3. The van der Waals surface area contributed by atoms with Gasteiger partial charge in [-0.3, -0.25) is 4.79 Å². The lowest BCUT2D eigenvalue weighted by molar-refractivity contribution is -0.143. The van der Waals surface area contributed by atoms with Crippen LogP contribution in [0.5, 0.6) is 0 Å². The minimum atomic E-state index is -0.547. The number of allylic oxidation sites excluding steroid dienone is 2. The van der Waals surface area contributed by atoms with E-state index in [0.29, 0.717) is 5.92 Å². The summed E-state index contributed by atoms with van der Waals surface area (Å²) in [5, 5.41) is 9.48. The lowest BCUT2D eigenvalue weighted by Gasteiger charge is -2.38. The third kappa shape index (κ3) is 2.10. The van der Waals surface area contributed by atoms with E-state index >= 15 is 0 Å². The predicted molar refractivity (Wildman–Crippen MR) is 71.3 cm³/mol. The minimum absolute atomic E-state index is 0.0853. The molecule has 0 aliphatic heterocycles. The number of carbonyl (C=O) groups is 1. The Hall–Kier alpha value is -0.790. The number of hydrogen-bond donors (Lipinski definition) is 1. The van der Waals surface area contributed by atoms with E-state index in [1.54, 1.807) is 11.1 Å². The molecule has 1 N–H and O–H groups in total. The van der Waals surface area contributed by atoms with E-state index in [1.165, 1.54) is 44.9 Å². The van der Waals surface area contributed by atoms with Gasteiger partial charge in [0.2, 0.25) is 0 Å². The average molecular weight is 248 g/mol. The van der Waals surface area contributed by atoms with Gasteiger partial charge in [-0.1, -0.05) is 24.0 Å². The Morgan fingerprint density at radius 3 is 2.39 bits per heavy atom. The molecule has 0 radical (unpaired) electrons. The van der Waals surface area contributed by atoms with Crippen LogP contribution in [0, 0.1) is 17.8 Å². The molecule has 2 heteroatoms. The number of hydrogen-bond acceptors (Lipinski definition) is 1. The first-order valence-electron chi connectivity index (χ1n) is 7.72. The molecule has 0 bridgehead atoms. The van der Waals surface area contributed by atoms with Crippen LogP contribution in [0.25, 0.3) is 0 Å². The van der Waals surface area contributed by atoms with Crippen LogP contribution in [-0.2, 0) is 4.79 Å². The molecular weight excluding hydrogens is 224 g/mol. The van der Waals surface area contributed by atoms with Gasteiger partial charge in [0.15, 0.2) is 0 Å². The zero-order valence-corrected chi connectivity index (χ0v) is 11.2. The molecule has 100 valence electrons. The van der Waals surface area contributed by atoms with E-state index in [9.17, 15) is 9.90 Å². The van der Waals surface area contributed by atoms with Crippen molar-refractivity contribution in [2.24, 2.45) is 17.8 Å². The van der Waals surface area contributed by atoms with Crippen molar-refractivity contribution >= 4 is 5.97 Å². The molecule has 0 heterocycles. The Kier molecular flexibility index (Phi) is 3.45. The maximum absolute atomic E-state index is 11.5. The SMILES string of the molecule is O=C(O)C1CCCCC2=C3CCCCC3CCC21. The number of fused-ring (bicyclic) bond motifs is 2. The zero-order chi connectivity index (χ0) is 12.5. The summed E-state index contributed by atoms with van der Waals surface area (Å²) in [5.74, 6) is 0.569. The van der Waals surface area contributed by atoms with Gasteiger partial charge in [0, 0.05) is 0 Å². The van der Waals surface area contributed by atoms with E-state index in [1.807, 2.05) is 0 Å². The van der Waals surface area contributed by atoms with Crippen LogP contribution in [0.3, 0.4) is 0 Å². The molecule has 2 fully saturated rings. The summed E-state index contributed by atoms with van der Waals surface area (Å²) < 4.78 is 0. The number of aliphatic carboxylic acids is 1. The molecule has 3 rings (SSSR count). The summed E-state index contributed by atoms with van der Waals surface area (Å²) in [7, 11) is 0. The van der Waals surface area contributed by atoms with Gasteiger partial charge in [-0.25, -0.2) is 0 Å². The minimum Gasteiger partial charge on any atom is -0.481 e. The van der Waals surface area contributed by atoms with Gasteiger partial charge in [0.05, 0.1) is 5.92 Å². The lowest BCUT2D eigenvalue weighted by Crippen LogP contribution is -2.30. The van der Waals surface area contributed by atoms with E-state index in [0.717, 1.165) is 25.2 Å². The van der Waals surface area contributed by atoms with Crippen LogP contribution in [0.2, 0.25) is 0 Å². The molecule has 2 nitrogen and oxygen atoms in total. The fourth-order valence-corrected chi connectivity index (χ4v) is 4.59. The molecule has 2 saturated carbocycles. The monoisotopic (exact) mass is 248 g/mol. The zero-order valence-electron chi connectivity index (χ0n) is 11.2. The molecule has 3 atom stereocenters. The molecule has 3 aliphatic carbocycles. The van der Waals surface area contributed by atoms with Crippen molar-refractivity contribution in [1.82, 2.24) is 0 Å². The Labute approximate surface area is 109 Å². The fraction of sp³-hybridized carbons (Fsp3) is 0.812. The van der Waals surface area contributed by atoms with Crippen LogP contribution < -0.4 is 0 Å². The highest BCUT2D eigenvalue weighted by atomic mass is 16.4. The number of rotatable bonds is 1. The normalized spacial score (nSPS) is 36.6. The van der Waals surface area contributed by atoms with Gasteiger partial charge in [-0.15, -0.1) is 0 Å². The van der Waals surface area contributed by atoms with Crippen LogP contribution in [0.1, 0.15) is 64.2 Å². The smallest absolute Gasteiger partial charge is 0.307 e. The van der Waals surface area contributed by atoms with Gasteiger partial charge in [0.25, 0.3) is 0 Å². The molecule has 0 amide bonds. The maximum Gasteiger partial charge on any atom is 0.307 e. The van der Waals surface area contributed by atoms with Crippen molar-refractivity contribution in [2.75, 3.05) is 0 Å². The molecule has 3 unspecified atom stereocenters. The van der Waals surface area contributed by atoms with Gasteiger partial charge in [-0.05, 0) is 63.2 Å². The Morgan fingerprint density at radius 1 is 0.889 bits per heavy atom. The van der Waals surface area contributed by atoms with Gasteiger partial charge in [-0.2, -0.15) is 0 Å². The summed E-state index contributed by atoms with van der Waals surface area (Å²) in [6.07, 6.45) is 12.2. The summed E-state index contributed by atoms with van der Waals surface area (Å²) in [4.78, 5) is 11.5. The van der Waals surface area contributed by atoms with Gasteiger partial charge in [0.1, 0.15) is 0 Å². The molecular formula is C16H24O2. The fourth-order valence-electron chi connectivity index (χ4n) is 4.59. The van der Waals surface area contributed by atoms with E-state index in [4.69, 9.17) is 0 Å². The second-order valence-corrected chi connectivity index (χ2v) is 6.37. The number of carboxylic acid groups (broad SMARTS) is 1. The van der Waals surface area contributed by atoms with E-state index < -0.39 is 5.97 Å². The highest BCUT2D eigenvalue weighted by Gasteiger charge is 2.38. The third-order valence-corrected chi connectivity index (χ3v) is 5.44. The molecule has 18 heavy (non-hydrogen) atoms. The predicted octanol–water partition coefficient (Wildman–Crippen LogP) is 4.16. The van der Waals surface area contributed by atoms with Crippen LogP contribution in [0.4, 0.5) is 0 Å². The van der Waals surface area contributed by atoms with Crippen molar-refractivity contribution in [3.63, 3.8) is 0 Å². The molecule has 0 aromatic rings. The van der Waals surface area contributed by atoms with Crippen molar-refractivity contribution in [2.45, 2.75) is 64.2 Å². The van der Waals surface area contributed by atoms with Crippen molar-refractivity contribution in [1.29, 1.82) is 0 Å². The largest absolute Gasteiger partial charge is 0.481 e. The van der Waals surface area contributed by atoms with Gasteiger partial charge < -0.3 is 5.11 Å². The molecule has 0 spiro atoms. The lowest BCUT2D eigenvalue weighted by atomic mass is 9.67. The topological polar surface area (TPSA) is 37.3 Å². The van der Waals surface area contributed by atoms with Crippen LogP contribution in [0.15, 0.2) is 11.1 Å². The highest BCUT2D eigenvalue weighted by Crippen LogP contribution is 2.48. The summed E-state index contributed by atoms with van der Waals surface area (Å²) in [5.41, 5.74) is 3.29. The second kappa shape index (κ2) is 5.07. The van der Waals surface area contributed by atoms with Crippen molar-refractivity contribution in [3.05, 3.63) is 11.1 Å². The Morgan fingerprint density at radius 2 is 1.61 bits per heavy atom. The number of carboxylic acids is 1. The second-order valence-electron chi connectivity index (χ2n) is 6.37. The van der Waals surface area contributed by atoms with Crippen molar-refractivity contribution < 1.29 is 9.90 Å².